The lowest BCUT2D eigenvalue weighted by atomic mass is 10.0. The normalized spacial score (nSPS) is 16.5. The highest BCUT2D eigenvalue weighted by Gasteiger charge is 2.13. The van der Waals surface area contributed by atoms with E-state index in [2.05, 4.69) is 53.7 Å². The summed E-state index contributed by atoms with van der Waals surface area (Å²) in [6.45, 7) is 8.61. The molecule has 27 heavy (non-hydrogen) atoms. The second-order valence-corrected chi connectivity index (χ2v) is 6.94. The minimum atomic E-state index is 0. The molecule has 0 bridgehead atoms. The van der Waals surface area contributed by atoms with Gasteiger partial charge in [-0.2, -0.15) is 0 Å². The molecule has 1 atom stereocenters. The van der Waals surface area contributed by atoms with E-state index in [1.54, 1.807) is 0 Å². The Morgan fingerprint density at radius 2 is 1.96 bits per heavy atom. The molecular weight excluding hydrogens is 453 g/mol. The molecule has 0 saturated carbocycles. The van der Waals surface area contributed by atoms with Crippen molar-refractivity contribution in [3.63, 3.8) is 0 Å². The van der Waals surface area contributed by atoms with Gasteiger partial charge in [0.25, 0.3) is 0 Å². The standard InChI is InChI=1S/C21H35N3O2.HI/c1-4-18-6-8-20(9-7-18)17(2)24-21(22-3)23-12-5-13-26-16-19-10-14-25-15-11-19;/h6-9,17,19H,4-5,10-16H2,1-3H3,(H2,22,23,24);1H. The summed E-state index contributed by atoms with van der Waals surface area (Å²) in [7, 11) is 1.81. The molecule has 1 aliphatic heterocycles. The van der Waals surface area contributed by atoms with Crippen LogP contribution in [0.25, 0.3) is 0 Å². The van der Waals surface area contributed by atoms with Crippen molar-refractivity contribution < 1.29 is 9.47 Å². The average Bonchev–Trinajstić information content (AvgIpc) is 2.70. The fourth-order valence-electron chi connectivity index (χ4n) is 3.07. The summed E-state index contributed by atoms with van der Waals surface area (Å²) in [6, 6.07) is 8.98. The largest absolute Gasteiger partial charge is 0.381 e. The van der Waals surface area contributed by atoms with Gasteiger partial charge in [0.1, 0.15) is 0 Å². The number of guanidine groups is 1. The molecule has 0 amide bonds. The molecule has 1 unspecified atom stereocenters. The first-order valence-corrected chi connectivity index (χ1v) is 9.94. The second kappa shape index (κ2) is 14.2. The van der Waals surface area contributed by atoms with E-state index in [0.717, 1.165) is 64.6 Å². The molecule has 6 heteroatoms. The number of hydrogen-bond donors (Lipinski definition) is 2. The van der Waals surface area contributed by atoms with Crippen LogP contribution in [0, 0.1) is 5.92 Å². The van der Waals surface area contributed by atoms with Crippen molar-refractivity contribution >= 4 is 29.9 Å². The van der Waals surface area contributed by atoms with E-state index in [9.17, 15) is 0 Å². The Bertz CT molecular complexity index is 531. The summed E-state index contributed by atoms with van der Waals surface area (Å²) in [4.78, 5) is 4.32. The Labute approximate surface area is 181 Å². The van der Waals surface area contributed by atoms with Crippen molar-refractivity contribution in [2.75, 3.05) is 40.0 Å². The predicted molar refractivity (Wildman–Crippen MR) is 123 cm³/mol. The third kappa shape index (κ3) is 9.25. The first-order valence-electron chi connectivity index (χ1n) is 9.94. The van der Waals surface area contributed by atoms with Gasteiger partial charge in [-0.15, -0.1) is 24.0 Å². The first kappa shape index (κ1) is 24.2. The second-order valence-electron chi connectivity index (χ2n) is 6.94. The van der Waals surface area contributed by atoms with E-state index in [4.69, 9.17) is 9.47 Å². The van der Waals surface area contributed by atoms with Crippen molar-refractivity contribution in [1.29, 1.82) is 0 Å². The molecule has 2 N–H and O–H groups in total. The molecule has 0 aromatic heterocycles. The highest BCUT2D eigenvalue weighted by Crippen LogP contribution is 2.15. The maximum atomic E-state index is 5.80. The number of rotatable bonds is 9. The van der Waals surface area contributed by atoms with Crippen molar-refractivity contribution in [2.45, 2.75) is 45.6 Å². The maximum absolute atomic E-state index is 5.80. The van der Waals surface area contributed by atoms with Gasteiger partial charge in [0.05, 0.1) is 6.04 Å². The smallest absolute Gasteiger partial charge is 0.191 e. The number of halogens is 1. The van der Waals surface area contributed by atoms with Crippen molar-refractivity contribution in [3.8, 4) is 0 Å². The minimum Gasteiger partial charge on any atom is -0.381 e. The maximum Gasteiger partial charge on any atom is 0.191 e. The van der Waals surface area contributed by atoms with Crippen LogP contribution in [0.1, 0.15) is 50.3 Å². The number of aliphatic imine (C=N–C) groups is 1. The third-order valence-electron chi connectivity index (χ3n) is 4.92. The lowest BCUT2D eigenvalue weighted by Gasteiger charge is -2.22. The zero-order valence-corrected chi connectivity index (χ0v) is 19.3. The van der Waals surface area contributed by atoms with E-state index in [0.29, 0.717) is 5.92 Å². The molecule has 0 radical (unpaired) electrons. The molecule has 0 aliphatic carbocycles. The van der Waals surface area contributed by atoms with Crippen LogP contribution in [0.2, 0.25) is 0 Å². The SMILES string of the molecule is CCc1ccc(C(C)NC(=NC)NCCCOCC2CCOCC2)cc1.I. The van der Waals surface area contributed by atoms with Crippen LogP contribution in [0.5, 0.6) is 0 Å². The number of ether oxygens (including phenoxy) is 2. The van der Waals surface area contributed by atoms with E-state index >= 15 is 0 Å². The van der Waals surface area contributed by atoms with Crippen LogP contribution in [0.4, 0.5) is 0 Å². The van der Waals surface area contributed by atoms with Gasteiger partial charge >= 0.3 is 0 Å². The molecule has 2 rings (SSSR count). The van der Waals surface area contributed by atoms with E-state index < -0.39 is 0 Å². The van der Waals surface area contributed by atoms with Crippen LogP contribution in [-0.4, -0.2) is 46.0 Å². The highest BCUT2D eigenvalue weighted by molar-refractivity contribution is 14.0. The first-order chi connectivity index (χ1) is 12.7. The van der Waals surface area contributed by atoms with Crippen molar-refractivity contribution in [3.05, 3.63) is 35.4 Å². The Morgan fingerprint density at radius 1 is 1.26 bits per heavy atom. The summed E-state index contributed by atoms with van der Waals surface area (Å²) >= 11 is 0. The van der Waals surface area contributed by atoms with Gasteiger partial charge in [-0.25, -0.2) is 0 Å². The molecule has 1 aromatic rings. The fraction of sp³-hybridized carbons (Fsp3) is 0.667. The Hall–Kier alpha value is -0.860. The predicted octanol–water partition coefficient (Wildman–Crippen LogP) is 3.93. The van der Waals surface area contributed by atoms with Crippen LogP contribution < -0.4 is 10.6 Å². The minimum absolute atomic E-state index is 0. The van der Waals surface area contributed by atoms with Gasteiger partial charge in [-0.05, 0) is 49.7 Å². The molecular formula is C21H36IN3O2. The monoisotopic (exact) mass is 489 g/mol. The zero-order valence-electron chi connectivity index (χ0n) is 17.0. The highest BCUT2D eigenvalue weighted by atomic mass is 127. The third-order valence-corrected chi connectivity index (χ3v) is 4.92. The Balaban J connectivity index is 0.00000364. The van der Waals surface area contributed by atoms with Crippen LogP contribution in [0.3, 0.4) is 0 Å². The van der Waals surface area contributed by atoms with Gasteiger partial charge in [0.15, 0.2) is 5.96 Å². The molecule has 0 spiro atoms. The van der Waals surface area contributed by atoms with E-state index in [1.807, 2.05) is 7.05 Å². The molecule has 1 aliphatic rings. The quantitative estimate of drug-likeness (QED) is 0.239. The fourth-order valence-corrected chi connectivity index (χ4v) is 3.07. The summed E-state index contributed by atoms with van der Waals surface area (Å²) < 4.78 is 11.2. The summed E-state index contributed by atoms with van der Waals surface area (Å²) in [5, 5.41) is 6.82. The molecule has 154 valence electrons. The van der Waals surface area contributed by atoms with Crippen LogP contribution in [-0.2, 0) is 15.9 Å². The van der Waals surface area contributed by atoms with Gasteiger partial charge < -0.3 is 20.1 Å². The van der Waals surface area contributed by atoms with Gasteiger partial charge in [-0.1, -0.05) is 31.2 Å². The lowest BCUT2D eigenvalue weighted by Crippen LogP contribution is -2.39. The molecule has 1 aromatic carbocycles. The van der Waals surface area contributed by atoms with Crippen LogP contribution >= 0.6 is 24.0 Å². The summed E-state index contributed by atoms with van der Waals surface area (Å²) in [5.41, 5.74) is 2.63. The zero-order chi connectivity index (χ0) is 18.6. The molecule has 1 saturated heterocycles. The topological polar surface area (TPSA) is 54.9 Å². The van der Waals surface area contributed by atoms with Gasteiger partial charge in [0.2, 0.25) is 0 Å². The Morgan fingerprint density at radius 3 is 2.59 bits per heavy atom. The number of nitrogens with zero attached hydrogens (tertiary/aromatic N) is 1. The lowest BCUT2D eigenvalue weighted by molar-refractivity contribution is 0.0203. The number of nitrogens with one attached hydrogen (secondary N) is 2. The number of hydrogen-bond acceptors (Lipinski definition) is 3. The summed E-state index contributed by atoms with van der Waals surface area (Å²) in [5.74, 6) is 1.51. The molecule has 5 nitrogen and oxygen atoms in total. The van der Waals surface area contributed by atoms with Crippen LogP contribution in [0.15, 0.2) is 29.3 Å². The number of benzene rings is 1. The van der Waals surface area contributed by atoms with Crippen molar-refractivity contribution in [1.82, 2.24) is 10.6 Å². The van der Waals surface area contributed by atoms with E-state index in [-0.39, 0.29) is 30.0 Å². The van der Waals surface area contributed by atoms with Gasteiger partial charge in [-0.3, -0.25) is 4.99 Å². The van der Waals surface area contributed by atoms with Crippen molar-refractivity contribution in [2.24, 2.45) is 10.9 Å². The summed E-state index contributed by atoms with van der Waals surface area (Å²) in [6.07, 6.45) is 4.31. The average molecular weight is 489 g/mol. The molecule has 1 heterocycles. The van der Waals surface area contributed by atoms with E-state index in [1.165, 1.54) is 11.1 Å². The molecule has 1 fully saturated rings. The Kier molecular flexibility index (Phi) is 12.7. The van der Waals surface area contributed by atoms with Gasteiger partial charge in [0, 0.05) is 40.0 Å². The number of aryl methyl sites for hydroxylation is 1.